The van der Waals surface area contributed by atoms with Gasteiger partial charge in [-0.3, -0.25) is 4.79 Å². The summed E-state index contributed by atoms with van der Waals surface area (Å²) in [5.41, 5.74) is 7.90. The Morgan fingerprint density at radius 3 is 2.48 bits per heavy atom. The third kappa shape index (κ3) is 4.40. The van der Waals surface area contributed by atoms with Gasteiger partial charge in [-0.05, 0) is 46.3 Å². The summed E-state index contributed by atoms with van der Waals surface area (Å²) >= 11 is 0. The van der Waals surface area contributed by atoms with Crippen LogP contribution in [-0.2, 0) is 4.79 Å². The average molecular weight is 449 g/mol. The van der Waals surface area contributed by atoms with Crippen molar-refractivity contribution in [3.63, 3.8) is 0 Å². The molecule has 0 bridgehead atoms. The highest BCUT2D eigenvalue weighted by atomic mass is 19.2. The van der Waals surface area contributed by atoms with Gasteiger partial charge in [0.2, 0.25) is 5.91 Å². The molecule has 0 saturated heterocycles. The van der Waals surface area contributed by atoms with E-state index in [1.807, 2.05) is 32.9 Å². The predicted octanol–water partition coefficient (Wildman–Crippen LogP) is 4.24. The molecule has 0 radical (unpaired) electrons. The first kappa shape index (κ1) is 22.0. The van der Waals surface area contributed by atoms with E-state index in [2.05, 4.69) is 25.8 Å². The zero-order chi connectivity index (χ0) is 23.8. The fourth-order valence-electron chi connectivity index (χ4n) is 3.05. The van der Waals surface area contributed by atoms with Gasteiger partial charge in [-0.25, -0.2) is 13.8 Å². The largest absolute Gasteiger partial charge is 0.383 e. The standard InChI is InChI=1S/C23H21F2N7O/c1-23(2,3)22(33)28-15-9-7-13(8-10-15)14-11-16(20(26)27-12-14)21-29-30-31-32(21)18-6-4-5-17(24)19(18)25/h4-12H,1-3H3,(H2,26,27)(H,28,33). The lowest BCUT2D eigenvalue weighted by Crippen LogP contribution is -2.27. The van der Waals surface area contributed by atoms with Crippen molar-refractivity contribution in [2.45, 2.75) is 20.8 Å². The molecule has 0 aliphatic heterocycles. The number of nitrogens with two attached hydrogens (primary N) is 1. The number of amides is 1. The van der Waals surface area contributed by atoms with Crippen molar-refractivity contribution in [3.8, 4) is 28.2 Å². The van der Waals surface area contributed by atoms with Crippen molar-refractivity contribution in [1.29, 1.82) is 0 Å². The number of halogens is 2. The maximum Gasteiger partial charge on any atom is 0.229 e. The first-order chi connectivity index (χ1) is 15.6. The van der Waals surface area contributed by atoms with Gasteiger partial charge in [0.15, 0.2) is 17.5 Å². The monoisotopic (exact) mass is 449 g/mol. The summed E-state index contributed by atoms with van der Waals surface area (Å²) in [7, 11) is 0. The van der Waals surface area contributed by atoms with Crippen LogP contribution in [0.15, 0.2) is 54.7 Å². The Morgan fingerprint density at radius 1 is 1.06 bits per heavy atom. The molecular weight excluding hydrogens is 428 g/mol. The number of pyridine rings is 1. The van der Waals surface area contributed by atoms with Gasteiger partial charge in [-0.15, -0.1) is 5.10 Å². The summed E-state index contributed by atoms with van der Waals surface area (Å²) in [6.45, 7) is 5.50. The third-order valence-corrected chi connectivity index (χ3v) is 4.95. The molecular formula is C23H21F2N7O. The van der Waals surface area contributed by atoms with Crippen molar-refractivity contribution in [3.05, 3.63) is 66.4 Å². The van der Waals surface area contributed by atoms with Gasteiger partial charge in [0.05, 0.1) is 5.56 Å². The summed E-state index contributed by atoms with van der Waals surface area (Å²) < 4.78 is 29.1. The van der Waals surface area contributed by atoms with Gasteiger partial charge >= 0.3 is 0 Å². The third-order valence-electron chi connectivity index (χ3n) is 4.95. The second-order valence-electron chi connectivity index (χ2n) is 8.43. The minimum absolute atomic E-state index is 0.0943. The second kappa shape index (κ2) is 8.38. The highest BCUT2D eigenvalue weighted by molar-refractivity contribution is 5.94. The van der Waals surface area contributed by atoms with Crippen molar-refractivity contribution in [2.75, 3.05) is 11.1 Å². The molecule has 0 aliphatic rings. The Morgan fingerprint density at radius 2 is 1.79 bits per heavy atom. The lowest BCUT2D eigenvalue weighted by molar-refractivity contribution is -0.123. The molecule has 0 saturated carbocycles. The van der Waals surface area contributed by atoms with E-state index in [0.29, 0.717) is 16.8 Å². The number of nitrogens with zero attached hydrogens (tertiary/aromatic N) is 5. The Balaban J connectivity index is 1.69. The molecule has 8 nitrogen and oxygen atoms in total. The van der Waals surface area contributed by atoms with Crippen LogP contribution in [0.2, 0.25) is 0 Å². The zero-order valence-corrected chi connectivity index (χ0v) is 18.2. The van der Waals surface area contributed by atoms with Crippen LogP contribution in [-0.4, -0.2) is 31.1 Å². The first-order valence-corrected chi connectivity index (χ1v) is 10.1. The number of carbonyl (C=O) groups excluding carboxylic acids is 1. The molecule has 0 spiro atoms. The number of nitrogen functional groups attached to an aromatic ring is 1. The summed E-state index contributed by atoms with van der Waals surface area (Å²) in [5.74, 6) is -1.96. The molecule has 10 heteroatoms. The van der Waals surface area contributed by atoms with Crippen molar-refractivity contribution in [2.24, 2.45) is 5.41 Å². The molecule has 2 aromatic heterocycles. The maximum atomic E-state index is 14.3. The van der Waals surface area contributed by atoms with Gasteiger partial charge in [0.1, 0.15) is 11.5 Å². The number of benzene rings is 2. The smallest absolute Gasteiger partial charge is 0.229 e. The van der Waals surface area contributed by atoms with E-state index >= 15 is 0 Å². The van der Waals surface area contributed by atoms with E-state index in [0.717, 1.165) is 16.3 Å². The molecule has 0 unspecified atom stereocenters. The highest BCUT2D eigenvalue weighted by Gasteiger charge is 2.22. The van der Waals surface area contributed by atoms with Crippen LogP contribution in [0.3, 0.4) is 0 Å². The summed E-state index contributed by atoms with van der Waals surface area (Å²) in [5, 5.41) is 14.2. The van der Waals surface area contributed by atoms with Gasteiger partial charge < -0.3 is 11.1 Å². The summed E-state index contributed by atoms with van der Waals surface area (Å²) in [6, 6.07) is 12.6. The van der Waals surface area contributed by atoms with Crippen LogP contribution in [0, 0.1) is 17.0 Å². The maximum absolute atomic E-state index is 14.3. The number of anilines is 2. The summed E-state index contributed by atoms with van der Waals surface area (Å²) in [4.78, 5) is 16.4. The molecule has 2 heterocycles. The van der Waals surface area contributed by atoms with Gasteiger partial charge in [0.25, 0.3) is 0 Å². The van der Waals surface area contributed by atoms with E-state index in [1.54, 1.807) is 24.4 Å². The summed E-state index contributed by atoms with van der Waals surface area (Å²) in [6.07, 6.45) is 1.58. The molecule has 3 N–H and O–H groups in total. The molecule has 4 aromatic rings. The topological polar surface area (TPSA) is 112 Å². The number of aromatic nitrogens is 5. The van der Waals surface area contributed by atoms with E-state index in [-0.39, 0.29) is 23.2 Å². The SMILES string of the molecule is CC(C)(C)C(=O)Nc1ccc(-c2cnc(N)c(-c3nnnn3-c3cccc(F)c3F)c2)cc1. The van der Waals surface area contributed by atoms with Crippen molar-refractivity contribution < 1.29 is 13.6 Å². The molecule has 0 fully saturated rings. The fourth-order valence-corrected chi connectivity index (χ4v) is 3.05. The number of rotatable bonds is 4. The van der Waals surface area contributed by atoms with Crippen LogP contribution < -0.4 is 11.1 Å². The van der Waals surface area contributed by atoms with E-state index in [1.165, 1.54) is 12.1 Å². The minimum Gasteiger partial charge on any atom is -0.383 e. The molecule has 168 valence electrons. The van der Waals surface area contributed by atoms with Crippen LogP contribution in [0.1, 0.15) is 20.8 Å². The lowest BCUT2D eigenvalue weighted by atomic mass is 9.95. The van der Waals surface area contributed by atoms with Gasteiger partial charge in [-0.1, -0.05) is 39.0 Å². The fraction of sp³-hybridized carbons (Fsp3) is 0.174. The molecule has 0 aliphatic carbocycles. The van der Waals surface area contributed by atoms with Crippen LogP contribution in [0.5, 0.6) is 0 Å². The molecule has 33 heavy (non-hydrogen) atoms. The lowest BCUT2D eigenvalue weighted by Gasteiger charge is -2.17. The highest BCUT2D eigenvalue weighted by Crippen LogP contribution is 2.30. The quantitative estimate of drug-likeness (QED) is 0.482. The molecule has 1 amide bonds. The molecule has 4 rings (SSSR count). The first-order valence-electron chi connectivity index (χ1n) is 10.1. The van der Waals surface area contributed by atoms with E-state index < -0.39 is 17.0 Å². The normalized spacial score (nSPS) is 11.4. The van der Waals surface area contributed by atoms with Crippen LogP contribution in [0.4, 0.5) is 20.3 Å². The number of hydrogen-bond acceptors (Lipinski definition) is 6. The van der Waals surface area contributed by atoms with E-state index in [9.17, 15) is 13.6 Å². The Labute approximate surface area is 188 Å². The Bertz CT molecular complexity index is 1330. The Hall–Kier alpha value is -4.21. The Kier molecular flexibility index (Phi) is 5.59. The van der Waals surface area contributed by atoms with Crippen molar-refractivity contribution >= 4 is 17.4 Å². The second-order valence-corrected chi connectivity index (χ2v) is 8.43. The minimum atomic E-state index is -1.08. The van der Waals surface area contributed by atoms with Crippen molar-refractivity contribution in [1.82, 2.24) is 25.2 Å². The van der Waals surface area contributed by atoms with Crippen LogP contribution >= 0.6 is 0 Å². The molecule has 2 aromatic carbocycles. The predicted molar refractivity (Wildman–Crippen MR) is 120 cm³/mol. The van der Waals surface area contributed by atoms with E-state index in [4.69, 9.17) is 5.73 Å². The van der Waals surface area contributed by atoms with Gasteiger partial charge in [-0.2, -0.15) is 4.68 Å². The molecule has 0 atom stereocenters. The average Bonchev–Trinajstić information content (AvgIpc) is 3.25. The number of hydrogen-bond donors (Lipinski definition) is 2. The van der Waals surface area contributed by atoms with Gasteiger partial charge in [0, 0.05) is 22.9 Å². The number of tetrazole rings is 1. The van der Waals surface area contributed by atoms with Crippen LogP contribution in [0.25, 0.3) is 28.2 Å². The number of carbonyl (C=O) groups is 1. The zero-order valence-electron chi connectivity index (χ0n) is 18.2. The number of nitrogens with one attached hydrogen (secondary N) is 1.